The minimum atomic E-state index is -5.08. The number of carboxylic acids is 1. The van der Waals surface area contributed by atoms with Crippen LogP contribution in [-0.4, -0.2) is 52.4 Å². The molecule has 0 bridgehead atoms. The van der Waals surface area contributed by atoms with Gasteiger partial charge >= 0.3 is 12.1 Å². The van der Waals surface area contributed by atoms with Gasteiger partial charge in [0, 0.05) is 37.2 Å². The first-order chi connectivity index (χ1) is 12.9. The van der Waals surface area contributed by atoms with Gasteiger partial charge in [-0.05, 0) is 30.8 Å². The molecule has 1 aliphatic heterocycles. The molecule has 0 spiro atoms. The molecule has 2 aromatic rings. The Morgan fingerprint density at radius 3 is 2.39 bits per heavy atom. The highest BCUT2D eigenvalue weighted by molar-refractivity contribution is 6.00. The second kappa shape index (κ2) is 7.97. The van der Waals surface area contributed by atoms with Gasteiger partial charge in [-0.25, -0.2) is 9.18 Å². The minimum absolute atomic E-state index is 0.0434. The fraction of sp³-hybridized carbons (Fsp3) is 0.353. The summed E-state index contributed by atoms with van der Waals surface area (Å²) in [5, 5.41) is 13.4. The summed E-state index contributed by atoms with van der Waals surface area (Å²) in [6.45, 7) is 2.03. The van der Waals surface area contributed by atoms with Gasteiger partial charge in [-0.1, -0.05) is 0 Å². The largest absolute Gasteiger partial charge is 0.490 e. The number of benzene rings is 1. The summed E-state index contributed by atoms with van der Waals surface area (Å²) in [5.74, 6) is -3.47. The number of halogens is 4. The smallest absolute Gasteiger partial charge is 0.475 e. The molecule has 11 heteroatoms. The lowest BCUT2D eigenvalue weighted by molar-refractivity contribution is -0.192. The number of fused-ring (bicyclic) bond motifs is 1. The molecule has 0 aliphatic carbocycles. The Morgan fingerprint density at radius 1 is 1.25 bits per heavy atom. The summed E-state index contributed by atoms with van der Waals surface area (Å²) in [7, 11) is 0. The highest BCUT2D eigenvalue weighted by atomic mass is 19.4. The fourth-order valence-corrected chi connectivity index (χ4v) is 2.59. The second-order valence-corrected chi connectivity index (χ2v) is 6.13. The van der Waals surface area contributed by atoms with Gasteiger partial charge in [0.25, 0.3) is 5.91 Å². The van der Waals surface area contributed by atoms with Crippen molar-refractivity contribution in [1.29, 1.82) is 0 Å². The number of amides is 1. The number of aliphatic carboxylic acids is 1. The third-order valence-corrected chi connectivity index (χ3v) is 4.04. The molecule has 3 rings (SSSR count). The summed E-state index contributed by atoms with van der Waals surface area (Å²) < 4.78 is 47.6. The van der Waals surface area contributed by atoms with E-state index < -0.39 is 23.7 Å². The maximum atomic E-state index is 14.3. The number of aromatic nitrogens is 1. The molecule has 1 aromatic carbocycles. The van der Waals surface area contributed by atoms with Crippen LogP contribution in [0.1, 0.15) is 18.1 Å². The van der Waals surface area contributed by atoms with Crippen molar-refractivity contribution in [2.24, 2.45) is 0 Å². The van der Waals surface area contributed by atoms with E-state index in [4.69, 9.17) is 9.90 Å². The number of hydrogen-bond acceptors (Lipinski definition) is 4. The molecular weight excluding hydrogens is 386 g/mol. The van der Waals surface area contributed by atoms with E-state index >= 15 is 0 Å². The zero-order valence-corrected chi connectivity index (χ0v) is 14.6. The second-order valence-electron chi connectivity index (χ2n) is 6.13. The Labute approximate surface area is 156 Å². The van der Waals surface area contributed by atoms with Crippen molar-refractivity contribution in [3.8, 4) is 0 Å². The lowest BCUT2D eigenvalue weighted by Crippen LogP contribution is -2.40. The molecule has 0 radical (unpaired) electrons. The van der Waals surface area contributed by atoms with Gasteiger partial charge in [-0.2, -0.15) is 13.2 Å². The molecule has 1 aromatic heterocycles. The van der Waals surface area contributed by atoms with Crippen LogP contribution in [0.15, 0.2) is 30.5 Å². The first-order valence-corrected chi connectivity index (χ1v) is 8.07. The lowest BCUT2D eigenvalue weighted by atomic mass is 10.0. The summed E-state index contributed by atoms with van der Waals surface area (Å²) in [6, 6.07) is 6.93. The number of hydrogen-bond donors (Lipinski definition) is 3. The third kappa shape index (κ3) is 4.85. The van der Waals surface area contributed by atoms with Gasteiger partial charge in [0.15, 0.2) is 0 Å². The van der Waals surface area contributed by atoms with Gasteiger partial charge in [-0.3, -0.25) is 14.2 Å². The monoisotopic (exact) mass is 403 g/mol. The Morgan fingerprint density at radius 2 is 1.89 bits per heavy atom. The highest BCUT2D eigenvalue weighted by Crippen LogP contribution is 2.24. The van der Waals surface area contributed by atoms with Crippen LogP contribution < -0.4 is 10.6 Å². The number of carboxylic acid groups (broad SMARTS) is 1. The first-order valence-electron chi connectivity index (χ1n) is 8.07. The topological polar surface area (TPSA) is 100 Å². The van der Waals surface area contributed by atoms with Crippen molar-refractivity contribution < 1.29 is 37.1 Å². The zero-order chi connectivity index (χ0) is 21.1. The summed E-state index contributed by atoms with van der Waals surface area (Å²) in [6.07, 6.45) is -3.22. The molecule has 1 amide bonds. The number of rotatable bonds is 2. The number of carbonyl (C=O) groups is 3. The molecule has 1 saturated heterocycles. The molecule has 3 N–H and O–H groups in total. The summed E-state index contributed by atoms with van der Waals surface area (Å²) >= 11 is 0. The average molecular weight is 403 g/mol. The van der Waals surface area contributed by atoms with Gasteiger partial charge in [0.1, 0.15) is 0 Å². The molecule has 28 heavy (non-hydrogen) atoms. The molecule has 7 nitrogen and oxygen atoms in total. The van der Waals surface area contributed by atoms with Gasteiger partial charge in [-0.15, -0.1) is 0 Å². The normalized spacial score (nSPS) is 19.0. The van der Waals surface area contributed by atoms with Gasteiger partial charge < -0.3 is 15.7 Å². The first kappa shape index (κ1) is 21.4. The number of anilines is 1. The summed E-state index contributed by atoms with van der Waals surface area (Å²) in [5.41, 5.74) is -0.559. The van der Waals surface area contributed by atoms with Crippen molar-refractivity contribution in [3.05, 3.63) is 30.5 Å². The quantitative estimate of drug-likeness (QED) is 0.670. The third-order valence-electron chi connectivity index (χ3n) is 4.04. The maximum Gasteiger partial charge on any atom is 0.490 e. The van der Waals surface area contributed by atoms with E-state index in [0.717, 1.165) is 10.9 Å². The van der Waals surface area contributed by atoms with Crippen molar-refractivity contribution in [1.82, 2.24) is 9.88 Å². The van der Waals surface area contributed by atoms with Crippen molar-refractivity contribution in [3.63, 3.8) is 0 Å². The lowest BCUT2D eigenvalue weighted by Gasteiger charge is -2.17. The van der Waals surface area contributed by atoms with Crippen LogP contribution >= 0.6 is 0 Å². The van der Waals surface area contributed by atoms with Crippen LogP contribution in [0.5, 0.6) is 0 Å². The van der Waals surface area contributed by atoms with Gasteiger partial charge in [0.2, 0.25) is 11.6 Å². The molecule has 152 valence electrons. The van der Waals surface area contributed by atoms with E-state index in [2.05, 4.69) is 10.6 Å². The Hall–Kier alpha value is -2.95. The molecule has 1 unspecified atom stereocenters. The minimum Gasteiger partial charge on any atom is -0.475 e. The summed E-state index contributed by atoms with van der Waals surface area (Å²) in [4.78, 5) is 32.3. The van der Waals surface area contributed by atoms with E-state index in [0.29, 0.717) is 12.2 Å². The predicted octanol–water partition coefficient (Wildman–Crippen LogP) is 2.57. The molecule has 1 fully saturated rings. The average Bonchev–Trinajstić information content (AvgIpc) is 3.21. The van der Waals surface area contributed by atoms with E-state index in [9.17, 15) is 27.2 Å². The standard InChI is InChI=1S/C15H16FN3O2.C2HF3O2/c1-10(20)19-7-4-11-8-12(2-3-13(11)19)18-14(21)15(16)5-6-17-9-15;3-2(4,5)1(6)7/h2-4,7-8,17H,5-6,9H2,1H3,(H,18,21);(H,6,7). The SMILES string of the molecule is CC(=O)n1ccc2cc(NC(=O)C3(F)CCNC3)ccc21.O=C(O)C(F)(F)F. The van der Waals surface area contributed by atoms with E-state index in [-0.39, 0.29) is 18.9 Å². The van der Waals surface area contributed by atoms with E-state index in [1.54, 1.807) is 30.5 Å². The molecule has 2 heterocycles. The highest BCUT2D eigenvalue weighted by Gasteiger charge is 2.41. The Bertz CT molecular complexity index is 901. The van der Waals surface area contributed by atoms with E-state index in [1.807, 2.05) is 0 Å². The number of carbonyl (C=O) groups excluding carboxylic acids is 2. The van der Waals surface area contributed by atoms with Crippen molar-refractivity contribution in [2.45, 2.75) is 25.2 Å². The van der Waals surface area contributed by atoms with Crippen LogP contribution in [0.4, 0.5) is 23.2 Å². The van der Waals surface area contributed by atoms with Crippen molar-refractivity contribution >= 4 is 34.4 Å². The Balaban J connectivity index is 0.000000345. The zero-order valence-electron chi connectivity index (χ0n) is 14.6. The molecular formula is C17H17F4N3O4. The molecule has 0 saturated carbocycles. The molecule has 1 atom stereocenters. The van der Waals surface area contributed by atoms with Crippen LogP contribution in [0, 0.1) is 0 Å². The van der Waals surface area contributed by atoms with Gasteiger partial charge in [0.05, 0.1) is 5.52 Å². The van der Waals surface area contributed by atoms with Crippen LogP contribution in [0.3, 0.4) is 0 Å². The number of nitrogens with one attached hydrogen (secondary N) is 2. The van der Waals surface area contributed by atoms with Crippen LogP contribution in [-0.2, 0) is 9.59 Å². The van der Waals surface area contributed by atoms with Crippen LogP contribution in [0.2, 0.25) is 0 Å². The van der Waals surface area contributed by atoms with E-state index in [1.165, 1.54) is 11.5 Å². The maximum absolute atomic E-state index is 14.3. The fourth-order valence-electron chi connectivity index (χ4n) is 2.59. The molecule has 1 aliphatic rings. The number of nitrogens with zero attached hydrogens (tertiary/aromatic N) is 1. The Kier molecular flexibility index (Phi) is 6.07. The van der Waals surface area contributed by atoms with Crippen LogP contribution in [0.25, 0.3) is 10.9 Å². The predicted molar refractivity (Wildman–Crippen MR) is 91.9 cm³/mol. The van der Waals surface area contributed by atoms with Crippen molar-refractivity contribution in [2.75, 3.05) is 18.4 Å². The number of alkyl halides is 4.